The molecule has 0 aromatic heterocycles. The number of likely N-dealkylation sites (N-methyl/N-ethyl adjacent to an activating group) is 1. The molecule has 0 saturated carbocycles. The van der Waals surface area contributed by atoms with Crippen molar-refractivity contribution in [2.45, 2.75) is 18.9 Å². The lowest BCUT2D eigenvalue weighted by molar-refractivity contribution is 0.145. The molecule has 0 amide bonds. The van der Waals surface area contributed by atoms with Gasteiger partial charge >= 0.3 is 0 Å². The summed E-state index contributed by atoms with van der Waals surface area (Å²) >= 11 is 0. The molecule has 0 N–H and O–H groups in total. The van der Waals surface area contributed by atoms with Gasteiger partial charge in [0.25, 0.3) is 0 Å². The predicted octanol–water partition coefficient (Wildman–Crippen LogP) is 0.646. The van der Waals surface area contributed by atoms with E-state index in [1.54, 1.807) is 0 Å². The normalized spacial score (nSPS) is 25.7. The second-order valence-electron chi connectivity index (χ2n) is 3.70. The molecule has 2 nitrogen and oxygen atoms in total. The first-order chi connectivity index (χ1) is 5.74. The summed E-state index contributed by atoms with van der Waals surface area (Å²) in [6.45, 7) is 3.12. The van der Waals surface area contributed by atoms with Crippen LogP contribution in [0.2, 0.25) is 0 Å². The molecule has 0 aliphatic carbocycles. The minimum atomic E-state index is 0.701. The van der Waals surface area contributed by atoms with Crippen LogP contribution in [0, 0.1) is 12.3 Å². The van der Waals surface area contributed by atoms with E-state index in [1.807, 2.05) is 0 Å². The van der Waals surface area contributed by atoms with Gasteiger partial charge in [-0.3, -0.25) is 4.90 Å². The zero-order valence-corrected chi connectivity index (χ0v) is 8.08. The Labute approximate surface area is 75.5 Å². The third-order valence-electron chi connectivity index (χ3n) is 2.53. The van der Waals surface area contributed by atoms with Gasteiger partial charge in [-0.2, -0.15) is 0 Å². The molecule has 0 spiro atoms. The Hall–Kier alpha value is -0.520. The summed E-state index contributed by atoms with van der Waals surface area (Å²) in [5.41, 5.74) is 0. The highest BCUT2D eigenvalue weighted by Crippen LogP contribution is 2.12. The van der Waals surface area contributed by atoms with Crippen LogP contribution in [0.3, 0.4) is 0 Å². The lowest BCUT2D eigenvalue weighted by Crippen LogP contribution is -2.45. The lowest BCUT2D eigenvalue weighted by Gasteiger charge is -2.35. The zero-order chi connectivity index (χ0) is 8.97. The number of hydrogen-bond acceptors (Lipinski definition) is 2. The highest BCUT2D eigenvalue weighted by Gasteiger charge is 2.19. The largest absolute Gasteiger partial charge is 0.305 e. The third kappa shape index (κ3) is 2.51. The zero-order valence-electron chi connectivity index (χ0n) is 8.08. The molecule has 1 aliphatic heterocycles. The van der Waals surface area contributed by atoms with Gasteiger partial charge in [-0.1, -0.05) is 5.92 Å². The Morgan fingerprint density at radius 2 is 2.33 bits per heavy atom. The fraction of sp³-hybridized carbons (Fsp3) is 0.800. The maximum Gasteiger partial charge on any atom is 0.0599 e. The predicted molar refractivity (Wildman–Crippen MR) is 52.0 cm³/mol. The minimum absolute atomic E-state index is 0.701. The number of rotatable bonds is 2. The van der Waals surface area contributed by atoms with Gasteiger partial charge < -0.3 is 4.90 Å². The number of hydrogen-bond donors (Lipinski definition) is 0. The highest BCUT2D eigenvalue weighted by molar-refractivity contribution is 4.90. The van der Waals surface area contributed by atoms with E-state index in [1.165, 1.54) is 19.4 Å². The molecule has 1 unspecified atom stereocenters. The second-order valence-corrected chi connectivity index (χ2v) is 3.70. The van der Waals surface area contributed by atoms with E-state index in [0.717, 1.165) is 13.1 Å². The summed E-state index contributed by atoms with van der Waals surface area (Å²) in [6.07, 6.45) is 7.87. The van der Waals surface area contributed by atoms with Crippen LogP contribution in [0.4, 0.5) is 0 Å². The monoisotopic (exact) mass is 166 g/mol. The molecule has 1 fully saturated rings. The van der Waals surface area contributed by atoms with Crippen molar-refractivity contribution in [2.24, 2.45) is 0 Å². The van der Waals surface area contributed by atoms with Crippen molar-refractivity contribution in [2.75, 3.05) is 33.7 Å². The van der Waals surface area contributed by atoms with Crippen LogP contribution in [-0.4, -0.2) is 49.6 Å². The fourth-order valence-electron chi connectivity index (χ4n) is 1.73. The lowest BCUT2D eigenvalue weighted by atomic mass is 10.1. The van der Waals surface area contributed by atoms with Gasteiger partial charge in [0, 0.05) is 12.6 Å². The van der Waals surface area contributed by atoms with Crippen molar-refractivity contribution in [1.29, 1.82) is 0 Å². The van der Waals surface area contributed by atoms with E-state index in [0.29, 0.717) is 6.04 Å². The molecule has 0 aromatic rings. The highest BCUT2D eigenvalue weighted by atomic mass is 15.2. The summed E-state index contributed by atoms with van der Waals surface area (Å²) in [6, 6.07) is 0.701. The molecule has 1 rings (SSSR count). The molecule has 0 aromatic carbocycles. The Balaban J connectivity index is 2.36. The van der Waals surface area contributed by atoms with E-state index >= 15 is 0 Å². The number of likely N-dealkylation sites (tertiary alicyclic amines) is 1. The standard InChI is InChI=1S/C10H18N2/c1-4-7-12-8-5-6-10(9-12)11(2)3/h1,10H,5-9H2,2-3H3. The van der Waals surface area contributed by atoms with Crippen molar-refractivity contribution in [3.05, 3.63) is 0 Å². The SMILES string of the molecule is C#CCN1CCCC(N(C)C)C1. The number of terminal acetylenes is 1. The molecule has 1 aliphatic rings. The minimum Gasteiger partial charge on any atom is -0.305 e. The molecule has 0 bridgehead atoms. The second kappa shape index (κ2) is 4.49. The van der Waals surface area contributed by atoms with E-state index < -0.39 is 0 Å². The van der Waals surface area contributed by atoms with Crippen molar-refractivity contribution in [3.8, 4) is 12.3 Å². The Morgan fingerprint density at radius 1 is 1.58 bits per heavy atom. The van der Waals surface area contributed by atoms with Crippen LogP contribution in [0.25, 0.3) is 0 Å². The van der Waals surface area contributed by atoms with Gasteiger partial charge in [0.05, 0.1) is 6.54 Å². The van der Waals surface area contributed by atoms with Crippen molar-refractivity contribution < 1.29 is 0 Å². The van der Waals surface area contributed by atoms with E-state index in [4.69, 9.17) is 6.42 Å². The molecule has 1 saturated heterocycles. The first-order valence-electron chi connectivity index (χ1n) is 4.56. The van der Waals surface area contributed by atoms with Gasteiger partial charge in [-0.05, 0) is 33.5 Å². The molecule has 1 atom stereocenters. The molecule has 68 valence electrons. The Morgan fingerprint density at radius 3 is 2.92 bits per heavy atom. The van der Waals surface area contributed by atoms with Crippen LogP contribution in [0.5, 0.6) is 0 Å². The van der Waals surface area contributed by atoms with Gasteiger partial charge in [0.1, 0.15) is 0 Å². The van der Waals surface area contributed by atoms with E-state index in [9.17, 15) is 0 Å². The van der Waals surface area contributed by atoms with Crippen molar-refractivity contribution >= 4 is 0 Å². The molecule has 0 radical (unpaired) electrons. The van der Waals surface area contributed by atoms with E-state index in [-0.39, 0.29) is 0 Å². The van der Waals surface area contributed by atoms with Gasteiger partial charge in [-0.25, -0.2) is 0 Å². The van der Waals surface area contributed by atoms with Crippen LogP contribution in [-0.2, 0) is 0 Å². The first-order valence-corrected chi connectivity index (χ1v) is 4.56. The maximum absolute atomic E-state index is 5.28. The smallest absolute Gasteiger partial charge is 0.0599 e. The number of nitrogens with zero attached hydrogens (tertiary/aromatic N) is 2. The van der Waals surface area contributed by atoms with Gasteiger partial charge in [0.2, 0.25) is 0 Å². The van der Waals surface area contributed by atoms with Crippen molar-refractivity contribution in [3.63, 3.8) is 0 Å². The number of piperidine rings is 1. The summed E-state index contributed by atoms with van der Waals surface area (Å²) in [7, 11) is 4.29. The van der Waals surface area contributed by atoms with Crippen LogP contribution >= 0.6 is 0 Å². The average Bonchev–Trinajstić information content (AvgIpc) is 2.05. The molecular formula is C10H18N2. The van der Waals surface area contributed by atoms with Gasteiger partial charge in [-0.15, -0.1) is 6.42 Å². The molecular weight excluding hydrogens is 148 g/mol. The van der Waals surface area contributed by atoms with Crippen LogP contribution in [0.15, 0.2) is 0 Å². The molecule has 1 heterocycles. The summed E-state index contributed by atoms with van der Waals surface area (Å²) in [4.78, 5) is 4.65. The summed E-state index contributed by atoms with van der Waals surface area (Å²) < 4.78 is 0. The maximum atomic E-state index is 5.28. The van der Waals surface area contributed by atoms with Crippen LogP contribution < -0.4 is 0 Å². The van der Waals surface area contributed by atoms with E-state index in [2.05, 4.69) is 29.8 Å². The topological polar surface area (TPSA) is 6.48 Å². The summed E-state index contributed by atoms with van der Waals surface area (Å²) in [5.74, 6) is 2.70. The Kier molecular flexibility index (Phi) is 3.58. The quantitative estimate of drug-likeness (QED) is 0.556. The average molecular weight is 166 g/mol. The summed E-state index contributed by atoms with van der Waals surface area (Å²) in [5, 5.41) is 0. The fourth-order valence-corrected chi connectivity index (χ4v) is 1.73. The third-order valence-corrected chi connectivity index (χ3v) is 2.53. The van der Waals surface area contributed by atoms with Crippen LogP contribution in [0.1, 0.15) is 12.8 Å². The molecule has 2 heteroatoms. The Bertz CT molecular complexity index is 169. The van der Waals surface area contributed by atoms with Crippen molar-refractivity contribution in [1.82, 2.24) is 9.80 Å². The first kappa shape index (κ1) is 9.57. The van der Waals surface area contributed by atoms with Gasteiger partial charge in [0.15, 0.2) is 0 Å². The molecule has 12 heavy (non-hydrogen) atoms.